The summed E-state index contributed by atoms with van der Waals surface area (Å²) in [6, 6.07) is 9.47. The van der Waals surface area contributed by atoms with Crippen molar-refractivity contribution in [3.63, 3.8) is 0 Å². The number of esters is 1. The standard InChI is InChI=1S/C25H24N2O8S/c1-4-6-18-11-17(13-21-24(29)26(25(30)36-21)14-22(28)34-5-2)12-20(33-3)23(18)35-15-16-7-9-19(10-8-16)27(31)32/h4,7-13H,1,5-6,14-15H2,2-3H3/b21-13+. The fourth-order valence-corrected chi connectivity index (χ4v) is 4.22. The number of benzene rings is 2. The number of non-ortho nitro benzene ring substituents is 1. The molecular formula is C25H24N2O8S. The molecule has 2 aromatic carbocycles. The van der Waals surface area contributed by atoms with Crippen LogP contribution in [0.3, 0.4) is 0 Å². The van der Waals surface area contributed by atoms with Crippen LogP contribution in [0.25, 0.3) is 6.08 Å². The Morgan fingerprint density at radius 2 is 1.94 bits per heavy atom. The highest BCUT2D eigenvalue weighted by atomic mass is 32.2. The molecule has 1 aliphatic rings. The van der Waals surface area contributed by atoms with E-state index in [9.17, 15) is 24.5 Å². The molecule has 0 bridgehead atoms. The van der Waals surface area contributed by atoms with Crippen LogP contribution in [0.2, 0.25) is 0 Å². The van der Waals surface area contributed by atoms with Crippen LogP contribution >= 0.6 is 11.8 Å². The number of rotatable bonds is 11. The normalized spacial score (nSPS) is 14.2. The van der Waals surface area contributed by atoms with Gasteiger partial charge in [-0.05, 0) is 66.6 Å². The Hall–Kier alpha value is -4.12. The van der Waals surface area contributed by atoms with E-state index in [0.29, 0.717) is 23.5 Å². The molecule has 1 fully saturated rings. The number of amides is 2. The Labute approximate surface area is 211 Å². The van der Waals surface area contributed by atoms with Gasteiger partial charge in [-0.15, -0.1) is 6.58 Å². The van der Waals surface area contributed by atoms with Gasteiger partial charge in [-0.2, -0.15) is 0 Å². The first-order valence-corrected chi connectivity index (χ1v) is 11.7. The van der Waals surface area contributed by atoms with Crippen LogP contribution < -0.4 is 9.47 Å². The molecule has 0 atom stereocenters. The number of hydrogen-bond donors (Lipinski definition) is 0. The highest BCUT2D eigenvalue weighted by molar-refractivity contribution is 8.18. The van der Waals surface area contributed by atoms with Crippen molar-refractivity contribution < 1.29 is 33.5 Å². The molecule has 2 amide bonds. The Bertz CT molecular complexity index is 1220. The van der Waals surface area contributed by atoms with E-state index < -0.39 is 28.6 Å². The van der Waals surface area contributed by atoms with Gasteiger partial charge in [-0.25, -0.2) is 0 Å². The lowest BCUT2D eigenvalue weighted by atomic mass is 10.0. The molecule has 11 heteroatoms. The number of hydrogen-bond acceptors (Lipinski definition) is 9. The fourth-order valence-electron chi connectivity index (χ4n) is 3.38. The number of carbonyl (C=O) groups excluding carboxylic acids is 3. The van der Waals surface area contributed by atoms with Gasteiger partial charge in [0.2, 0.25) is 0 Å². The zero-order valence-corrected chi connectivity index (χ0v) is 20.5. The summed E-state index contributed by atoms with van der Waals surface area (Å²) in [6.07, 6.45) is 3.66. The summed E-state index contributed by atoms with van der Waals surface area (Å²) in [7, 11) is 1.47. The second-order valence-corrected chi connectivity index (χ2v) is 8.48. The SMILES string of the molecule is C=CCc1cc(/C=C2/SC(=O)N(CC(=O)OCC)C2=O)cc(OC)c1OCc1ccc([N+](=O)[O-])cc1. The largest absolute Gasteiger partial charge is 0.493 e. The van der Waals surface area contributed by atoms with E-state index >= 15 is 0 Å². The maximum Gasteiger partial charge on any atom is 0.326 e. The average molecular weight is 513 g/mol. The van der Waals surface area contributed by atoms with Gasteiger partial charge < -0.3 is 14.2 Å². The molecule has 2 aromatic rings. The maximum absolute atomic E-state index is 12.7. The zero-order valence-electron chi connectivity index (χ0n) is 19.7. The van der Waals surface area contributed by atoms with Gasteiger partial charge in [0.05, 0.1) is 23.5 Å². The van der Waals surface area contributed by atoms with E-state index in [-0.39, 0.29) is 23.8 Å². The predicted molar refractivity (Wildman–Crippen MR) is 134 cm³/mol. The minimum atomic E-state index is -0.662. The Morgan fingerprint density at radius 3 is 2.56 bits per heavy atom. The molecule has 1 heterocycles. The van der Waals surface area contributed by atoms with Crippen molar-refractivity contribution in [2.75, 3.05) is 20.3 Å². The molecule has 0 spiro atoms. The number of methoxy groups -OCH3 is 1. The Morgan fingerprint density at radius 1 is 1.22 bits per heavy atom. The Kier molecular flexibility index (Phi) is 8.85. The summed E-state index contributed by atoms with van der Waals surface area (Å²) >= 11 is 0.735. The number of carbonyl (C=O) groups is 3. The monoisotopic (exact) mass is 512 g/mol. The van der Waals surface area contributed by atoms with Crippen LogP contribution in [0.4, 0.5) is 10.5 Å². The second kappa shape index (κ2) is 12.0. The third-order valence-electron chi connectivity index (χ3n) is 5.03. The third-order valence-corrected chi connectivity index (χ3v) is 5.94. The zero-order chi connectivity index (χ0) is 26.2. The van der Waals surface area contributed by atoms with Crippen LogP contribution in [0.15, 0.2) is 54.0 Å². The van der Waals surface area contributed by atoms with Crippen LogP contribution in [0, 0.1) is 10.1 Å². The molecule has 0 N–H and O–H groups in total. The van der Waals surface area contributed by atoms with E-state index in [0.717, 1.165) is 27.8 Å². The molecule has 10 nitrogen and oxygen atoms in total. The van der Waals surface area contributed by atoms with Crippen molar-refractivity contribution in [1.82, 2.24) is 4.90 Å². The average Bonchev–Trinajstić information content (AvgIpc) is 3.10. The van der Waals surface area contributed by atoms with Crippen LogP contribution in [0.1, 0.15) is 23.6 Å². The second-order valence-electron chi connectivity index (χ2n) is 7.49. The molecule has 36 heavy (non-hydrogen) atoms. The molecule has 0 saturated carbocycles. The van der Waals surface area contributed by atoms with Crippen LogP contribution in [-0.4, -0.2) is 47.2 Å². The van der Waals surface area contributed by atoms with Crippen molar-refractivity contribution in [3.05, 3.63) is 80.8 Å². The number of nitrogens with zero attached hydrogens (tertiary/aromatic N) is 2. The predicted octanol–water partition coefficient (Wildman–Crippen LogP) is 4.51. The van der Waals surface area contributed by atoms with Crippen LogP contribution in [0.5, 0.6) is 11.5 Å². The first kappa shape index (κ1) is 26.5. The van der Waals surface area contributed by atoms with Gasteiger partial charge >= 0.3 is 5.97 Å². The molecule has 188 valence electrons. The van der Waals surface area contributed by atoms with E-state index in [1.807, 2.05) is 0 Å². The Balaban J connectivity index is 1.85. The molecule has 1 saturated heterocycles. The molecule has 0 unspecified atom stereocenters. The number of nitro groups is 1. The minimum absolute atomic E-state index is 0.0142. The van der Waals surface area contributed by atoms with Gasteiger partial charge in [0.15, 0.2) is 11.5 Å². The lowest BCUT2D eigenvalue weighted by molar-refractivity contribution is -0.384. The van der Waals surface area contributed by atoms with Crippen LogP contribution in [-0.2, 0) is 27.4 Å². The lowest BCUT2D eigenvalue weighted by Crippen LogP contribution is -2.34. The third kappa shape index (κ3) is 6.30. The van der Waals surface area contributed by atoms with E-state index in [1.165, 1.54) is 19.2 Å². The van der Waals surface area contributed by atoms with Gasteiger partial charge in [0.25, 0.3) is 16.8 Å². The van der Waals surface area contributed by atoms with Crippen molar-refractivity contribution in [2.45, 2.75) is 20.0 Å². The maximum atomic E-state index is 12.7. The van der Waals surface area contributed by atoms with Crippen molar-refractivity contribution in [1.29, 1.82) is 0 Å². The summed E-state index contributed by atoms with van der Waals surface area (Å²) in [5, 5.41) is 10.3. The number of allylic oxidation sites excluding steroid dienone is 1. The molecule has 0 aromatic heterocycles. The summed E-state index contributed by atoms with van der Waals surface area (Å²) in [5.41, 5.74) is 2.03. The first-order valence-electron chi connectivity index (χ1n) is 10.9. The van der Waals surface area contributed by atoms with Crippen molar-refractivity contribution in [3.8, 4) is 11.5 Å². The molecule has 0 radical (unpaired) electrons. The first-order chi connectivity index (χ1) is 17.3. The van der Waals surface area contributed by atoms with E-state index in [1.54, 1.807) is 43.3 Å². The van der Waals surface area contributed by atoms with Gasteiger partial charge in [-0.1, -0.05) is 6.08 Å². The number of nitro benzene ring substituents is 1. The number of imide groups is 1. The number of thioether (sulfide) groups is 1. The fraction of sp³-hybridized carbons (Fsp3) is 0.240. The summed E-state index contributed by atoms with van der Waals surface area (Å²) < 4.78 is 16.3. The summed E-state index contributed by atoms with van der Waals surface area (Å²) in [5.74, 6) is -0.386. The van der Waals surface area contributed by atoms with Gasteiger partial charge in [0.1, 0.15) is 13.2 Å². The molecule has 0 aliphatic carbocycles. The van der Waals surface area contributed by atoms with E-state index in [2.05, 4.69) is 6.58 Å². The van der Waals surface area contributed by atoms with Crippen molar-refractivity contribution >= 4 is 40.6 Å². The minimum Gasteiger partial charge on any atom is -0.493 e. The summed E-state index contributed by atoms with van der Waals surface area (Å²) in [4.78, 5) is 48.1. The highest BCUT2D eigenvalue weighted by Crippen LogP contribution is 2.37. The van der Waals surface area contributed by atoms with Gasteiger partial charge in [-0.3, -0.25) is 29.4 Å². The topological polar surface area (TPSA) is 125 Å². The van der Waals surface area contributed by atoms with Gasteiger partial charge in [0, 0.05) is 17.7 Å². The molecular weight excluding hydrogens is 488 g/mol. The lowest BCUT2D eigenvalue weighted by Gasteiger charge is -2.16. The molecule has 3 rings (SSSR count). The highest BCUT2D eigenvalue weighted by Gasteiger charge is 2.36. The van der Waals surface area contributed by atoms with E-state index in [4.69, 9.17) is 14.2 Å². The quantitative estimate of drug-likeness (QED) is 0.141. The molecule has 1 aliphatic heterocycles. The number of ether oxygens (including phenoxy) is 3. The summed E-state index contributed by atoms with van der Waals surface area (Å²) in [6.45, 7) is 5.26. The van der Waals surface area contributed by atoms with Crippen molar-refractivity contribution in [2.24, 2.45) is 0 Å². The smallest absolute Gasteiger partial charge is 0.326 e.